The van der Waals surface area contributed by atoms with Crippen LogP contribution in [0.1, 0.15) is 46.1 Å². The number of nitrogens with zero attached hydrogens (tertiary/aromatic N) is 3. The molecular formula is C17H14ClN3O3. The Morgan fingerprint density at radius 2 is 2.25 bits per heavy atom. The molecule has 0 radical (unpaired) electrons. The molecule has 122 valence electrons. The Bertz CT molecular complexity index is 917. The lowest BCUT2D eigenvalue weighted by Crippen LogP contribution is -2.08. The molecule has 6 nitrogen and oxygen atoms in total. The summed E-state index contributed by atoms with van der Waals surface area (Å²) in [6.07, 6.45) is 3.74. The van der Waals surface area contributed by atoms with Crippen molar-refractivity contribution in [3.8, 4) is 0 Å². The van der Waals surface area contributed by atoms with E-state index in [4.69, 9.17) is 20.9 Å². The molecule has 0 N–H and O–H groups in total. The quantitative estimate of drug-likeness (QED) is 0.529. The van der Waals surface area contributed by atoms with Gasteiger partial charge in [0.2, 0.25) is 0 Å². The molecule has 1 saturated carbocycles. The third-order valence-corrected chi connectivity index (χ3v) is 4.23. The van der Waals surface area contributed by atoms with E-state index in [-0.39, 0.29) is 6.61 Å². The molecule has 3 aromatic heterocycles. The molecule has 0 spiro atoms. The molecule has 1 aliphatic rings. The van der Waals surface area contributed by atoms with Crippen molar-refractivity contribution >= 4 is 28.7 Å². The molecular weight excluding hydrogens is 330 g/mol. The van der Waals surface area contributed by atoms with Crippen LogP contribution in [0.5, 0.6) is 0 Å². The van der Waals surface area contributed by atoms with Gasteiger partial charge in [0.25, 0.3) is 5.71 Å². The Labute approximate surface area is 142 Å². The highest BCUT2D eigenvalue weighted by Gasteiger charge is 2.29. The highest BCUT2D eigenvalue weighted by atomic mass is 35.5. The number of aryl methyl sites for hydroxylation is 1. The highest BCUT2D eigenvalue weighted by molar-refractivity contribution is 6.29. The van der Waals surface area contributed by atoms with Crippen LogP contribution in [0, 0.1) is 6.92 Å². The van der Waals surface area contributed by atoms with Gasteiger partial charge in [-0.15, -0.1) is 0 Å². The molecule has 24 heavy (non-hydrogen) atoms. The lowest BCUT2D eigenvalue weighted by molar-refractivity contribution is 0.0474. The summed E-state index contributed by atoms with van der Waals surface area (Å²) in [5, 5.41) is 4.93. The number of carbonyl (C=O) groups excluding carboxylic acids is 1. The Kier molecular flexibility index (Phi) is 3.69. The lowest BCUT2D eigenvalue weighted by Gasteiger charge is -2.07. The van der Waals surface area contributed by atoms with Crippen LogP contribution in [-0.4, -0.2) is 21.1 Å². The van der Waals surface area contributed by atoms with E-state index in [9.17, 15) is 4.79 Å². The standard InChI is InChI=1S/C17H14ClN3O3/c1-9-15-12(6-13(11-3-4-11)20-16(15)24-21-9)17(22)23-8-10-2-5-14(18)19-7-10/h2,5-7,11H,3-4,8H2,1H3. The van der Waals surface area contributed by atoms with Crippen molar-refractivity contribution in [2.75, 3.05) is 0 Å². The zero-order valence-electron chi connectivity index (χ0n) is 13.0. The van der Waals surface area contributed by atoms with Crippen LogP contribution in [0.15, 0.2) is 28.9 Å². The van der Waals surface area contributed by atoms with Gasteiger partial charge in [0.1, 0.15) is 11.8 Å². The maximum atomic E-state index is 12.6. The van der Waals surface area contributed by atoms with Crippen molar-refractivity contribution in [1.82, 2.24) is 15.1 Å². The highest BCUT2D eigenvalue weighted by Crippen LogP contribution is 2.40. The van der Waals surface area contributed by atoms with Gasteiger partial charge in [0.15, 0.2) is 0 Å². The largest absolute Gasteiger partial charge is 0.457 e. The first-order valence-corrected chi connectivity index (χ1v) is 8.04. The first-order chi connectivity index (χ1) is 11.6. The molecule has 1 aliphatic carbocycles. The molecule has 1 fully saturated rings. The second-order valence-corrected chi connectivity index (χ2v) is 6.27. The number of hydrogen-bond acceptors (Lipinski definition) is 6. The van der Waals surface area contributed by atoms with Crippen molar-refractivity contribution in [3.05, 3.63) is 52.1 Å². The number of fused-ring (bicyclic) bond motifs is 1. The fourth-order valence-electron chi connectivity index (χ4n) is 2.58. The number of esters is 1. The van der Waals surface area contributed by atoms with E-state index in [0.717, 1.165) is 24.1 Å². The first-order valence-electron chi connectivity index (χ1n) is 7.66. The van der Waals surface area contributed by atoms with Crippen LogP contribution in [-0.2, 0) is 11.3 Å². The number of pyridine rings is 2. The smallest absolute Gasteiger partial charge is 0.339 e. The molecule has 0 aromatic carbocycles. The van der Waals surface area contributed by atoms with Crippen LogP contribution in [0.3, 0.4) is 0 Å². The van der Waals surface area contributed by atoms with Gasteiger partial charge >= 0.3 is 5.97 Å². The number of carbonyl (C=O) groups is 1. The van der Waals surface area contributed by atoms with Gasteiger partial charge in [-0.25, -0.2) is 14.8 Å². The van der Waals surface area contributed by atoms with E-state index in [0.29, 0.717) is 33.4 Å². The van der Waals surface area contributed by atoms with E-state index in [1.165, 1.54) is 0 Å². The molecule has 0 saturated heterocycles. The number of rotatable bonds is 4. The molecule has 0 bridgehead atoms. The minimum Gasteiger partial charge on any atom is -0.457 e. The molecule has 0 unspecified atom stereocenters. The van der Waals surface area contributed by atoms with Gasteiger partial charge < -0.3 is 9.26 Å². The van der Waals surface area contributed by atoms with Crippen LogP contribution < -0.4 is 0 Å². The van der Waals surface area contributed by atoms with Crippen LogP contribution in [0.2, 0.25) is 5.15 Å². The summed E-state index contributed by atoms with van der Waals surface area (Å²) in [6.45, 7) is 1.90. The van der Waals surface area contributed by atoms with Crippen molar-refractivity contribution in [2.24, 2.45) is 0 Å². The monoisotopic (exact) mass is 343 g/mol. The zero-order chi connectivity index (χ0) is 16.7. The fraction of sp³-hybridized carbons (Fsp3) is 0.294. The summed E-state index contributed by atoms with van der Waals surface area (Å²) < 4.78 is 10.7. The SMILES string of the molecule is Cc1noc2nc(C3CC3)cc(C(=O)OCc3ccc(Cl)nc3)c12. The summed E-state index contributed by atoms with van der Waals surface area (Å²) in [5.74, 6) is -0.0302. The van der Waals surface area contributed by atoms with Gasteiger partial charge in [-0.1, -0.05) is 22.8 Å². The topological polar surface area (TPSA) is 78.1 Å². The average molecular weight is 344 g/mol. The first kappa shape index (κ1) is 15.1. The number of ether oxygens (including phenoxy) is 1. The molecule has 4 rings (SSSR count). The molecule has 3 heterocycles. The lowest BCUT2D eigenvalue weighted by atomic mass is 10.1. The Hall–Kier alpha value is -2.47. The number of hydrogen-bond donors (Lipinski definition) is 0. The summed E-state index contributed by atoms with van der Waals surface area (Å²) in [5.41, 5.74) is 3.08. The van der Waals surface area contributed by atoms with E-state index in [1.54, 1.807) is 31.3 Å². The van der Waals surface area contributed by atoms with Gasteiger partial charge in [-0.3, -0.25) is 0 Å². The van der Waals surface area contributed by atoms with Crippen molar-refractivity contribution < 1.29 is 14.1 Å². The average Bonchev–Trinajstić information content (AvgIpc) is 3.37. The molecule has 0 amide bonds. The van der Waals surface area contributed by atoms with E-state index >= 15 is 0 Å². The van der Waals surface area contributed by atoms with E-state index in [1.807, 2.05) is 0 Å². The number of aromatic nitrogens is 3. The minimum atomic E-state index is -0.425. The number of halogens is 1. The van der Waals surface area contributed by atoms with Gasteiger partial charge in [-0.05, 0) is 31.9 Å². The van der Waals surface area contributed by atoms with Gasteiger partial charge in [-0.2, -0.15) is 0 Å². The second-order valence-electron chi connectivity index (χ2n) is 5.88. The Morgan fingerprint density at radius 3 is 2.96 bits per heavy atom. The van der Waals surface area contributed by atoms with Crippen LogP contribution in [0.25, 0.3) is 11.1 Å². The minimum absolute atomic E-state index is 0.121. The maximum Gasteiger partial charge on any atom is 0.339 e. The second kappa shape index (κ2) is 5.87. The van der Waals surface area contributed by atoms with E-state index in [2.05, 4.69) is 15.1 Å². The summed E-state index contributed by atoms with van der Waals surface area (Å²) in [7, 11) is 0. The summed E-state index contributed by atoms with van der Waals surface area (Å²) in [4.78, 5) is 21.0. The van der Waals surface area contributed by atoms with Gasteiger partial charge in [0.05, 0.1) is 16.6 Å². The molecule has 0 atom stereocenters. The van der Waals surface area contributed by atoms with E-state index < -0.39 is 5.97 Å². The van der Waals surface area contributed by atoms with Gasteiger partial charge in [0, 0.05) is 23.4 Å². The fourth-order valence-corrected chi connectivity index (χ4v) is 2.69. The normalized spacial score (nSPS) is 14.1. The molecule has 0 aliphatic heterocycles. The van der Waals surface area contributed by atoms with Crippen molar-refractivity contribution in [2.45, 2.75) is 32.3 Å². The predicted molar refractivity (Wildman–Crippen MR) is 86.9 cm³/mol. The molecule has 7 heteroatoms. The Balaban J connectivity index is 1.63. The van der Waals surface area contributed by atoms with Crippen LogP contribution in [0.4, 0.5) is 0 Å². The third-order valence-electron chi connectivity index (χ3n) is 4.01. The predicted octanol–water partition coefficient (Wildman–Crippen LogP) is 3.81. The summed E-state index contributed by atoms with van der Waals surface area (Å²) >= 11 is 5.75. The van der Waals surface area contributed by atoms with Crippen molar-refractivity contribution in [1.29, 1.82) is 0 Å². The Morgan fingerprint density at radius 1 is 1.42 bits per heavy atom. The zero-order valence-corrected chi connectivity index (χ0v) is 13.7. The summed E-state index contributed by atoms with van der Waals surface area (Å²) in [6, 6.07) is 5.22. The van der Waals surface area contributed by atoms with Crippen molar-refractivity contribution in [3.63, 3.8) is 0 Å². The maximum absolute atomic E-state index is 12.6. The third kappa shape index (κ3) is 2.85. The van der Waals surface area contributed by atoms with Crippen LogP contribution >= 0.6 is 11.6 Å². The molecule has 3 aromatic rings.